The summed E-state index contributed by atoms with van der Waals surface area (Å²) in [6.45, 7) is 0.763. The van der Waals surface area contributed by atoms with Crippen molar-refractivity contribution < 1.29 is 9.53 Å². The first-order valence-corrected chi connectivity index (χ1v) is 6.28. The maximum Gasteiger partial charge on any atom is 0.241 e. The Bertz CT molecular complexity index is 404. The van der Waals surface area contributed by atoms with Gasteiger partial charge >= 0.3 is 0 Å². The van der Waals surface area contributed by atoms with E-state index in [1.165, 1.54) is 12.8 Å². The van der Waals surface area contributed by atoms with Crippen molar-refractivity contribution >= 4 is 23.2 Å². The molecular weight excluding hydrogens is 238 g/mol. The van der Waals surface area contributed by atoms with Crippen LogP contribution in [-0.2, 0) is 4.79 Å². The fourth-order valence-corrected chi connectivity index (χ4v) is 1.90. The second-order valence-corrected chi connectivity index (χ2v) is 4.55. The average Bonchev–Trinajstić information content (AvgIpc) is 3.19. The molecule has 92 valence electrons. The zero-order valence-electron chi connectivity index (χ0n) is 9.86. The molecule has 0 unspecified atom stereocenters. The summed E-state index contributed by atoms with van der Waals surface area (Å²) >= 11 is 5.65. The highest BCUT2D eigenvalue weighted by molar-refractivity contribution is 6.29. The maximum absolute atomic E-state index is 11.8. The van der Waals surface area contributed by atoms with Crippen LogP contribution in [0.3, 0.4) is 0 Å². The summed E-state index contributed by atoms with van der Waals surface area (Å²) in [5, 5.41) is 0. The third kappa shape index (κ3) is 3.13. The van der Waals surface area contributed by atoms with Gasteiger partial charge in [0.15, 0.2) is 0 Å². The number of benzene rings is 1. The molecule has 0 saturated heterocycles. The number of methoxy groups -OCH3 is 1. The van der Waals surface area contributed by atoms with Crippen LogP contribution in [0, 0.1) is 5.92 Å². The highest BCUT2D eigenvalue weighted by Gasteiger charge is 2.27. The van der Waals surface area contributed by atoms with Crippen LogP contribution in [0.25, 0.3) is 0 Å². The Balaban J connectivity index is 2.19. The lowest BCUT2D eigenvalue weighted by molar-refractivity contribution is -0.116. The molecule has 0 radical (unpaired) electrons. The molecule has 0 aliphatic heterocycles. The van der Waals surface area contributed by atoms with Gasteiger partial charge in [0.2, 0.25) is 5.91 Å². The summed E-state index contributed by atoms with van der Waals surface area (Å²) in [4.78, 5) is 13.6. The van der Waals surface area contributed by atoms with E-state index in [4.69, 9.17) is 16.3 Å². The first-order valence-electron chi connectivity index (χ1n) is 5.75. The minimum Gasteiger partial charge on any atom is -0.497 e. The number of halogens is 1. The Morgan fingerprint density at radius 3 is 2.88 bits per heavy atom. The minimum atomic E-state index is -0.0492. The van der Waals surface area contributed by atoms with Gasteiger partial charge in [0.1, 0.15) is 11.6 Å². The van der Waals surface area contributed by atoms with Crippen molar-refractivity contribution in [3.05, 3.63) is 24.3 Å². The number of anilines is 1. The molecule has 1 aliphatic rings. The lowest BCUT2D eigenvalue weighted by Gasteiger charge is -2.22. The van der Waals surface area contributed by atoms with Crippen LogP contribution in [-0.4, -0.2) is 25.4 Å². The average molecular weight is 254 g/mol. The van der Waals surface area contributed by atoms with Crippen LogP contribution < -0.4 is 9.64 Å². The van der Waals surface area contributed by atoms with Crippen molar-refractivity contribution in [2.45, 2.75) is 12.8 Å². The smallest absolute Gasteiger partial charge is 0.241 e. The zero-order chi connectivity index (χ0) is 12.3. The highest BCUT2D eigenvalue weighted by atomic mass is 35.5. The summed E-state index contributed by atoms with van der Waals surface area (Å²) < 4.78 is 5.17. The molecule has 17 heavy (non-hydrogen) atoms. The van der Waals surface area contributed by atoms with Crippen molar-refractivity contribution in [3.8, 4) is 5.75 Å². The molecule has 0 aromatic heterocycles. The molecule has 2 rings (SSSR count). The monoisotopic (exact) mass is 253 g/mol. The van der Waals surface area contributed by atoms with E-state index in [1.54, 1.807) is 12.0 Å². The van der Waals surface area contributed by atoms with Crippen LogP contribution >= 0.6 is 11.6 Å². The van der Waals surface area contributed by atoms with E-state index in [1.807, 2.05) is 24.3 Å². The van der Waals surface area contributed by atoms with E-state index in [9.17, 15) is 4.79 Å². The van der Waals surface area contributed by atoms with Crippen molar-refractivity contribution in [2.24, 2.45) is 5.92 Å². The third-order valence-electron chi connectivity index (χ3n) is 2.92. The fourth-order valence-electron chi connectivity index (χ4n) is 1.76. The van der Waals surface area contributed by atoms with E-state index in [0.717, 1.165) is 18.0 Å². The highest BCUT2D eigenvalue weighted by Crippen LogP contribution is 2.32. The Morgan fingerprint density at radius 1 is 1.53 bits per heavy atom. The predicted molar refractivity (Wildman–Crippen MR) is 68.8 cm³/mol. The number of ether oxygens (including phenoxy) is 1. The number of carbonyl (C=O) groups excluding carboxylic acids is 1. The number of rotatable bonds is 5. The number of amides is 1. The lowest BCUT2D eigenvalue weighted by atomic mass is 10.2. The number of carbonyl (C=O) groups is 1. The van der Waals surface area contributed by atoms with Crippen molar-refractivity contribution in [3.63, 3.8) is 0 Å². The van der Waals surface area contributed by atoms with Gasteiger partial charge in [-0.15, -0.1) is 11.6 Å². The molecule has 1 aromatic carbocycles. The first kappa shape index (κ1) is 12.2. The number of nitrogens with zero attached hydrogens (tertiary/aromatic N) is 1. The zero-order valence-corrected chi connectivity index (χ0v) is 10.6. The Labute approximate surface area is 106 Å². The first-order chi connectivity index (χ1) is 8.24. The van der Waals surface area contributed by atoms with Crippen molar-refractivity contribution in [2.75, 3.05) is 24.4 Å². The van der Waals surface area contributed by atoms with Crippen LogP contribution in [0.5, 0.6) is 5.75 Å². The van der Waals surface area contributed by atoms with Gasteiger partial charge in [-0.2, -0.15) is 0 Å². The topological polar surface area (TPSA) is 29.5 Å². The summed E-state index contributed by atoms with van der Waals surface area (Å²) in [6, 6.07) is 7.53. The molecule has 0 bridgehead atoms. The largest absolute Gasteiger partial charge is 0.497 e. The molecule has 0 spiro atoms. The van der Waals surface area contributed by atoms with Gasteiger partial charge in [-0.1, -0.05) is 6.07 Å². The van der Waals surface area contributed by atoms with E-state index < -0.39 is 0 Å². The SMILES string of the molecule is COc1cccc(N(CC2CC2)C(=O)CCl)c1. The molecule has 1 fully saturated rings. The van der Waals surface area contributed by atoms with E-state index >= 15 is 0 Å². The fraction of sp³-hybridized carbons (Fsp3) is 0.462. The molecule has 1 saturated carbocycles. The van der Waals surface area contributed by atoms with Gasteiger partial charge in [-0.3, -0.25) is 4.79 Å². The van der Waals surface area contributed by atoms with Gasteiger partial charge < -0.3 is 9.64 Å². The van der Waals surface area contributed by atoms with Crippen LogP contribution in [0.1, 0.15) is 12.8 Å². The van der Waals surface area contributed by atoms with Gasteiger partial charge in [-0.25, -0.2) is 0 Å². The molecule has 0 heterocycles. The van der Waals surface area contributed by atoms with E-state index in [0.29, 0.717) is 5.92 Å². The number of hydrogen-bond donors (Lipinski definition) is 0. The van der Waals surface area contributed by atoms with Crippen molar-refractivity contribution in [1.82, 2.24) is 0 Å². The molecular formula is C13H16ClNO2. The standard InChI is InChI=1S/C13H16ClNO2/c1-17-12-4-2-3-11(7-12)15(13(16)8-14)9-10-5-6-10/h2-4,7,10H,5-6,8-9H2,1H3. The Morgan fingerprint density at radius 2 is 2.29 bits per heavy atom. The van der Waals surface area contributed by atoms with E-state index in [-0.39, 0.29) is 11.8 Å². The molecule has 3 nitrogen and oxygen atoms in total. The number of hydrogen-bond acceptors (Lipinski definition) is 2. The third-order valence-corrected chi connectivity index (χ3v) is 3.15. The van der Waals surface area contributed by atoms with Gasteiger partial charge in [0.05, 0.1) is 7.11 Å². The lowest BCUT2D eigenvalue weighted by Crippen LogP contribution is -2.33. The minimum absolute atomic E-state index is 0.0178. The predicted octanol–water partition coefficient (Wildman–Crippen LogP) is 2.68. The van der Waals surface area contributed by atoms with Crippen LogP contribution in [0.15, 0.2) is 24.3 Å². The quantitative estimate of drug-likeness (QED) is 0.755. The summed E-state index contributed by atoms with van der Waals surface area (Å²) in [5.74, 6) is 1.36. The van der Waals surface area contributed by atoms with Crippen LogP contribution in [0.2, 0.25) is 0 Å². The van der Waals surface area contributed by atoms with Crippen molar-refractivity contribution in [1.29, 1.82) is 0 Å². The van der Waals surface area contributed by atoms with Gasteiger partial charge in [0, 0.05) is 18.3 Å². The maximum atomic E-state index is 11.8. The second kappa shape index (κ2) is 5.41. The molecule has 4 heteroatoms. The van der Waals surface area contributed by atoms with Gasteiger partial charge in [-0.05, 0) is 30.9 Å². The van der Waals surface area contributed by atoms with Crippen LogP contribution in [0.4, 0.5) is 5.69 Å². The molecule has 1 aromatic rings. The summed E-state index contributed by atoms with van der Waals surface area (Å²) in [7, 11) is 1.62. The molecule has 0 N–H and O–H groups in total. The van der Waals surface area contributed by atoms with Gasteiger partial charge in [0.25, 0.3) is 0 Å². The Hall–Kier alpha value is -1.22. The normalized spacial score (nSPS) is 14.5. The summed E-state index contributed by atoms with van der Waals surface area (Å²) in [6.07, 6.45) is 2.41. The number of alkyl halides is 1. The Kier molecular flexibility index (Phi) is 3.89. The van der Waals surface area contributed by atoms with E-state index in [2.05, 4.69) is 0 Å². The summed E-state index contributed by atoms with van der Waals surface area (Å²) in [5.41, 5.74) is 0.863. The molecule has 1 aliphatic carbocycles. The molecule has 0 atom stereocenters. The molecule has 1 amide bonds. The second-order valence-electron chi connectivity index (χ2n) is 4.28.